The van der Waals surface area contributed by atoms with Gasteiger partial charge in [-0.3, -0.25) is 0 Å². The smallest absolute Gasteiger partial charge is 0.142 e. The monoisotopic (exact) mass is 379 g/mol. The number of hydrogen-bond donors (Lipinski definition) is 1. The highest BCUT2D eigenvalue weighted by atomic mass is 79.9. The molecule has 1 nitrogen and oxygen atoms in total. The zero-order valence-corrected chi connectivity index (χ0v) is 13.5. The molecule has 0 radical (unpaired) electrons. The second kappa shape index (κ2) is 6.29. The Balaban J connectivity index is 2.28. The molecule has 2 aromatic rings. The molecule has 0 spiro atoms. The van der Waals surface area contributed by atoms with Crippen LogP contribution in [0.5, 0.6) is 0 Å². The molecular weight excluding hydrogens is 371 g/mol. The molecule has 2 aromatic carbocycles. The van der Waals surface area contributed by atoms with E-state index in [0.29, 0.717) is 20.7 Å². The Labute approximate surface area is 134 Å². The topological polar surface area (TPSA) is 12.0 Å². The number of nitrogens with one attached hydrogen (secondary N) is 1. The standard InChI is InChI=1S/C14H10BrCl2F2N/c1-7(9-5-13(19)12(17)6-11(9)16)20-14-3-2-8(18)4-10(14)15/h2-7,20H,1H3. The Morgan fingerprint density at radius 1 is 1.10 bits per heavy atom. The second-order valence-electron chi connectivity index (χ2n) is 4.28. The largest absolute Gasteiger partial charge is 0.378 e. The predicted octanol–water partition coefficient (Wildman–Crippen LogP) is 6.21. The molecule has 0 heterocycles. The number of anilines is 1. The van der Waals surface area contributed by atoms with E-state index in [9.17, 15) is 8.78 Å². The summed E-state index contributed by atoms with van der Waals surface area (Å²) in [7, 11) is 0. The van der Waals surface area contributed by atoms with Crippen LogP contribution in [0.4, 0.5) is 14.5 Å². The molecule has 1 N–H and O–H groups in total. The Kier molecular flexibility index (Phi) is 4.89. The minimum Gasteiger partial charge on any atom is -0.378 e. The first-order valence-corrected chi connectivity index (χ1v) is 7.29. The van der Waals surface area contributed by atoms with Gasteiger partial charge >= 0.3 is 0 Å². The summed E-state index contributed by atoms with van der Waals surface area (Å²) in [5.74, 6) is -0.872. The van der Waals surface area contributed by atoms with Crippen molar-refractivity contribution in [2.45, 2.75) is 13.0 Å². The highest BCUT2D eigenvalue weighted by Crippen LogP contribution is 2.32. The van der Waals surface area contributed by atoms with Gasteiger partial charge in [0, 0.05) is 15.2 Å². The summed E-state index contributed by atoms with van der Waals surface area (Å²) in [6.45, 7) is 1.82. The number of rotatable bonds is 3. The summed E-state index contributed by atoms with van der Waals surface area (Å²) in [6.07, 6.45) is 0. The van der Waals surface area contributed by atoms with Crippen molar-refractivity contribution in [1.82, 2.24) is 0 Å². The lowest BCUT2D eigenvalue weighted by atomic mass is 10.1. The molecule has 1 unspecified atom stereocenters. The summed E-state index contributed by atoms with van der Waals surface area (Å²) in [5, 5.41) is 3.48. The summed E-state index contributed by atoms with van der Waals surface area (Å²) in [6, 6.07) is 6.67. The highest BCUT2D eigenvalue weighted by molar-refractivity contribution is 9.10. The van der Waals surface area contributed by atoms with Crippen LogP contribution in [0.1, 0.15) is 18.5 Å². The van der Waals surface area contributed by atoms with Crippen LogP contribution < -0.4 is 5.32 Å². The minimum atomic E-state index is -0.530. The summed E-state index contributed by atoms with van der Waals surface area (Å²) < 4.78 is 27.1. The van der Waals surface area contributed by atoms with Crippen LogP contribution in [0, 0.1) is 11.6 Å². The van der Waals surface area contributed by atoms with E-state index in [2.05, 4.69) is 21.2 Å². The lowest BCUT2D eigenvalue weighted by molar-refractivity contribution is 0.624. The quantitative estimate of drug-likeness (QED) is 0.624. The van der Waals surface area contributed by atoms with Crippen molar-refractivity contribution in [2.75, 3.05) is 5.32 Å². The SMILES string of the molecule is CC(Nc1ccc(F)cc1Br)c1cc(F)c(Cl)cc1Cl. The van der Waals surface area contributed by atoms with Crippen molar-refractivity contribution in [2.24, 2.45) is 0 Å². The number of benzene rings is 2. The summed E-state index contributed by atoms with van der Waals surface area (Å²) in [4.78, 5) is 0. The van der Waals surface area contributed by atoms with Crippen molar-refractivity contribution in [3.05, 3.63) is 62.0 Å². The van der Waals surface area contributed by atoms with Gasteiger partial charge in [-0.15, -0.1) is 0 Å². The maximum atomic E-state index is 13.5. The van der Waals surface area contributed by atoms with Crippen LogP contribution in [0.15, 0.2) is 34.8 Å². The molecule has 0 bridgehead atoms. The zero-order chi connectivity index (χ0) is 14.9. The molecule has 0 fully saturated rings. The summed E-state index contributed by atoms with van der Waals surface area (Å²) >= 11 is 15.0. The van der Waals surface area contributed by atoms with Crippen LogP contribution in [0.3, 0.4) is 0 Å². The number of halogens is 5. The Morgan fingerprint density at radius 3 is 2.45 bits per heavy atom. The van der Waals surface area contributed by atoms with Gasteiger partial charge in [0.05, 0.1) is 11.1 Å². The maximum absolute atomic E-state index is 13.5. The predicted molar refractivity (Wildman–Crippen MR) is 82.6 cm³/mol. The van der Waals surface area contributed by atoms with E-state index in [4.69, 9.17) is 23.2 Å². The van der Waals surface area contributed by atoms with Gasteiger partial charge in [-0.2, -0.15) is 0 Å². The fourth-order valence-electron chi connectivity index (χ4n) is 1.79. The molecule has 20 heavy (non-hydrogen) atoms. The minimum absolute atomic E-state index is 0.0195. The average Bonchev–Trinajstić information content (AvgIpc) is 2.37. The molecule has 2 rings (SSSR count). The Bertz CT molecular complexity index is 649. The first kappa shape index (κ1) is 15.5. The first-order valence-electron chi connectivity index (χ1n) is 5.74. The zero-order valence-electron chi connectivity index (χ0n) is 10.4. The van der Waals surface area contributed by atoms with E-state index in [1.807, 2.05) is 6.92 Å². The van der Waals surface area contributed by atoms with Gasteiger partial charge in [0.25, 0.3) is 0 Å². The molecule has 0 saturated heterocycles. The molecule has 6 heteroatoms. The van der Waals surface area contributed by atoms with Crippen molar-refractivity contribution in [1.29, 1.82) is 0 Å². The van der Waals surface area contributed by atoms with Crippen molar-refractivity contribution < 1.29 is 8.78 Å². The van der Waals surface area contributed by atoms with Gasteiger partial charge in [0.15, 0.2) is 0 Å². The van der Waals surface area contributed by atoms with Crippen LogP contribution in [-0.2, 0) is 0 Å². The Hall–Kier alpha value is -0.840. The lowest BCUT2D eigenvalue weighted by Crippen LogP contribution is -2.08. The van der Waals surface area contributed by atoms with Gasteiger partial charge in [-0.1, -0.05) is 23.2 Å². The van der Waals surface area contributed by atoms with E-state index >= 15 is 0 Å². The van der Waals surface area contributed by atoms with E-state index in [0.717, 1.165) is 0 Å². The third-order valence-corrected chi connectivity index (χ3v) is 4.08. The molecule has 0 saturated carbocycles. The van der Waals surface area contributed by atoms with E-state index in [1.54, 1.807) is 6.07 Å². The molecule has 0 amide bonds. The maximum Gasteiger partial charge on any atom is 0.142 e. The third-order valence-electron chi connectivity index (χ3n) is 2.81. The van der Waals surface area contributed by atoms with Crippen molar-refractivity contribution in [3.63, 3.8) is 0 Å². The molecule has 0 aliphatic rings. The van der Waals surface area contributed by atoms with Crippen LogP contribution >= 0.6 is 39.1 Å². The number of hydrogen-bond acceptors (Lipinski definition) is 1. The Morgan fingerprint density at radius 2 is 1.80 bits per heavy atom. The van der Waals surface area contributed by atoms with Crippen molar-refractivity contribution in [3.8, 4) is 0 Å². The average molecular weight is 381 g/mol. The first-order chi connectivity index (χ1) is 9.38. The summed E-state index contributed by atoms with van der Waals surface area (Å²) in [5.41, 5.74) is 1.26. The molecule has 0 aromatic heterocycles. The molecule has 0 aliphatic carbocycles. The van der Waals surface area contributed by atoms with Gasteiger partial charge < -0.3 is 5.32 Å². The van der Waals surface area contributed by atoms with Gasteiger partial charge in [0.1, 0.15) is 11.6 Å². The fourth-order valence-corrected chi connectivity index (χ4v) is 2.80. The van der Waals surface area contributed by atoms with Crippen LogP contribution in [0.25, 0.3) is 0 Å². The van der Waals surface area contributed by atoms with E-state index in [-0.39, 0.29) is 16.9 Å². The van der Waals surface area contributed by atoms with Crippen LogP contribution in [-0.4, -0.2) is 0 Å². The third kappa shape index (κ3) is 3.43. The highest BCUT2D eigenvalue weighted by Gasteiger charge is 2.14. The lowest BCUT2D eigenvalue weighted by Gasteiger charge is -2.18. The fraction of sp³-hybridized carbons (Fsp3) is 0.143. The van der Waals surface area contributed by atoms with Crippen LogP contribution in [0.2, 0.25) is 10.0 Å². The molecular formula is C14H10BrCl2F2N. The van der Waals surface area contributed by atoms with Gasteiger partial charge in [-0.05, 0) is 58.7 Å². The molecule has 0 aliphatic heterocycles. The van der Waals surface area contributed by atoms with Crippen molar-refractivity contribution >= 4 is 44.8 Å². The van der Waals surface area contributed by atoms with E-state index < -0.39 is 5.82 Å². The molecule has 1 atom stereocenters. The molecule has 106 valence electrons. The van der Waals surface area contributed by atoms with E-state index in [1.165, 1.54) is 24.3 Å². The second-order valence-corrected chi connectivity index (χ2v) is 5.95. The van der Waals surface area contributed by atoms with Gasteiger partial charge in [-0.25, -0.2) is 8.78 Å². The van der Waals surface area contributed by atoms with Gasteiger partial charge in [0.2, 0.25) is 0 Å². The normalized spacial score (nSPS) is 12.3.